The van der Waals surface area contributed by atoms with Crippen molar-refractivity contribution in [3.05, 3.63) is 29.8 Å². The van der Waals surface area contributed by atoms with Gasteiger partial charge < -0.3 is 16.0 Å². The SMILES string of the molecule is CNC(CN(C)c1ccccc1C)C(N)=O. The van der Waals surface area contributed by atoms with E-state index in [0.29, 0.717) is 6.54 Å². The summed E-state index contributed by atoms with van der Waals surface area (Å²) in [5.74, 6) is -0.331. The molecule has 1 rings (SSSR count). The van der Waals surface area contributed by atoms with Crippen LogP contribution in [0.3, 0.4) is 0 Å². The molecule has 3 N–H and O–H groups in total. The maximum absolute atomic E-state index is 11.1. The lowest BCUT2D eigenvalue weighted by atomic mass is 10.1. The zero-order valence-electron chi connectivity index (χ0n) is 10.0. The van der Waals surface area contributed by atoms with E-state index in [-0.39, 0.29) is 11.9 Å². The van der Waals surface area contributed by atoms with Gasteiger partial charge in [-0.25, -0.2) is 0 Å². The van der Waals surface area contributed by atoms with Crippen LogP contribution in [0.1, 0.15) is 5.56 Å². The van der Waals surface area contributed by atoms with E-state index in [1.165, 1.54) is 5.56 Å². The number of hydrogen-bond donors (Lipinski definition) is 2. The van der Waals surface area contributed by atoms with Gasteiger partial charge in [0.25, 0.3) is 0 Å². The summed E-state index contributed by atoms with van der Waals surface area (Å²) in [5, 5.41) is 2.91. The molecule has 0 radical (unpaired) electrons. The van der Waals surface area contributed by atoms with Crippen LogP contribution in [0.5, 0.6) is 0 Å². The van der Waals surface area contributed by atoms with Crippen LogP contribution in [-0.2, 0) is 4.79 Å². The van der Waals surface area contributed by atoms with E-state index in [9.17, 15) is 4.79 Å². The Hall–Kier alpha value is -1.55. The molecule has 0 spiro atoms. The van der Waals surface area contributed by atoms with Crippen molar-refractivity contribution >= 4 is 11.6 Å². The molecule has 0 saturated carbocycles. The van der Waals surface area contributed by atoms with Gasteiger partial charge in [0.2, 0.25) is 5.91 Å². The van der Waals surface area contributed by atoms with Crippen LogP contribution in [0.4, 0.5) is 5.69 Å². The summed E-state index contributed by atoms with van der Waals surface area (Å²) in [4.78, 5) is 13.1. The van der Waals surface area contributed by atoms with Crippen LogP contribution in [0.2, 0.25) is 0 Å². The van der Waals surface area contributed by atoms with Gasteiger partial charge in [-0.15, -0.1) is 0 Å². The molecule has 0 aliphatic carbocycles. The summed E-state index contributed by atoms with van der Waals surface area (Å²) >= 11 is 0. The molecule has 1 atom stereocenters. The van der Waals surface area contributed by atoms with Gasteiger partial charge in [0.15, 0.2) is 0 Å². The lowest BCUT2D eigenvalue weighted by Gasteiger charge is -2.25. The fourth-order valence-electron chi connectivity index (χ4n) is 1.69. The quantitative estimate of drug-likeness (QED) is 0.761. The highest BCUT2D eigenvalue weighted by Gasteiger charge is 2.15. The smallest absolute Gasteiger partial charge is 0.236 e. The third-order valence-electron chi connectivity index (χ3n) is 2.68. The van der Waals surface area contributed by atoms with E-state index in [4.69, 9.17) is 5.73 Å². The van der Waals surface area contributed by atoms with Gasteiger partial charge in [-0.2, -0.15) is 0 Å². The van der Waals surface area contributed by atoms with E-state index >= 15 is 0 Å². The van der Waals surface area contributed by atoms with Gasteiger partial charge in [-0.05, 0) is 25.6 Å². The molecule has 88 valence electrons. The van der Waals surface area contributed by atoms with Gasteiger partial charge in [-0.1, -0.05) is 18.2 Å². The molecule has 0 aliphatic rings. The Bertz CT molecular complexity index is 365. The van der Waals surface area contributed by atoms with Crippen LogP contribution in [0.15, 0.2) is 24.3 Å². The third kappa shape index (κ3) is 2.97. The fraction of sp³-hybridized carbons (Fsp3) is 0.417. The maximum Gasteiger partial charge on any atom is 0.236 e. The van der Waals surface area contributed by atoms with Crippen molar-refractivity contribution in [2.75, 3.05) is 25.5 Å². The van der Waals surface area contributed by atoms with E-state index in [0.717, 1.165) is 5.69 Å². The van der Waals surface area contributed by atoms with Crippen molar-refractivity contribution in [2.45, 2.75) is 13.0 Å². The summed E-state index contributed by atoms with van der Waals surface area (Å²) in [6.07, 6.45) is 0. The van der Waals surface area contributed by atoms with Gasteiger partial charge in [-0.3, -0.25) is 4.79 Å². The molecule has 0 aliphatic heterocycles. The number of likely N-dealkylation sites (N-methyl/N-ethyl adjacent to an activating group) is 2. The van der Waals surface area contributed by atoms with Gasteiger partial charge in [0, 0.05) is 19.3 Å². The number of amides is 1. The molecule has 16 heavy (non-hydrogen) atoms. The van der Waals surface area contributed by atoms with Crippen LogP contribution >= 0.6 is 0 Å². The highest BCUT2D eigenvalue weighted by molar-refractivity contribution is 5.80. The molecule has 1 amide bonds. The van der Waals surface area contributed by atoms with Gasteiger partial charge >= 0.3 is 0 Å². The Labute approximate surface area is 96.4 Å². The third-order valence-corrected chi connectivity index (χ3v) is 2.68. The standard InChI is InChI=1S/C12H19N3O/c1-9-6-4-5-7-11(9)15(3)8-10(14-2)12(13)16/h4-7,10,14H,8H2,1-3H3,(H2,13,16). The number of rotatable bonds is 5. The molecular formula is C12H19N3O. The molecule has 4 nitrogen and oxygen atoms in total. The minimum absolute atomic E-state index is 0.329. The number of nitrogens with one attached hydrogen (secondary N) is 1. The lowest BCUT2D eigenvalue weighted by molar-refractivity contribution is -0.119. The summed E-state index contributed by atoms with van der Waals surface area (Å²) in [6, 6.07) is 7.73. The second kappa shape index (κ2) is 5.51. The van der Waals surface area contributed by atoms with Crippen molar-refractivity contribution in [3.8, 4) is 0 Å². The molecular weight excluding hydrogens is 202 g/mol. The fourth-order valence-corrected chi connectivity index (χ4v) is 1.69. The second-order valence-electron chi connectivity index (χ2n) is 3.91. The lowest BCUT2D eigenvalue weighted by Crippen LogP contribution is -2.47. The summed E-state index contributed by atoms with van der Waals surface area (Å²) in [5.41, 5.74) is 7.58. The highest BCUT2D eigenvalue weighted by Crippen LogP contribution is 2.17. The van der Waals surface area contributed by atoms with Crippen molar-refractivity contribution in [1.29, 1.82) is 0 Å². The van der Waals surface area contributed by atoms with Gasteiger partial charge in [0.05, 0.1) is 0 Å². The minimum Gasteiger partial charge on any atom is -0.372 e. The Balaban J connectivity index is 2.75. The van der Waals surface area contributed by atoms with Gasteiger partial charge in [0.1, 0.15) is 6.04 Å². The van der Waals surface area contributed by atoms with Crippen LogP contribution in [0.25, 0.3) is 0 Å². The first-order valence-electron chi connectivity index (χ1n) is 5.29. The highest BCUT2D eigenvalue weighted by atomic mass is 16.1. The number of primary amides is 1. The Morgan fingerprint density at radius 1 is 1.50 bits per heavy atom. The van der Waals surface area contributed by atoms with Crippen molar-refractivity contribution in [3.63, 3.8) is 0 Å². The number of hydrogen-bond acceptors (Lipinski definition) is 3. The predicted molar refractivity (Wildman–Crippen MR) is 66.5 cm³/mol. The van der Waals surface area contributed by atoms with E-state index in [2.05, 4.69) is 5.32 Å². The summed E-state index contributed by atoms with van der Waals surface area (Å²) in [6.45, 7) is 2.61. The zero-order chi connectivity index (χ0) is 12.1. The summed E-state index contributed by atoms with van der Waals surface area (Å²) < 4.78 is 0. The molecule has 4 heteroatoms. The number of nitrogens with zero attached hydrogens (tertiary/aromatic N) is 1. The number of nitrogens with two attached hydrogens (primary N) is 1. The Morgan fingerprint density at radius 3 is 2.62 bits per heavy atom. The van der Waals surface area contributed by atoms with Crippen molar-refractivity contribution in [2.24, 2.45) is 5.73 Å². The van der Waals surface area contributed by atoms with E-state index in [1.807, 2.05) is 43.1 Å². The maximum atomic E-state index is 11.1. The van der Waals surface area contributed by atoms with Crippen LogP contribution < -0.4 is 16.0 Å². The minimum atomic E-state index is -0.331. The molecule has 0 bridgehead atoms. The average molecular weight is 221 g/mol. The topological polar surface area (TPSA) is 58.4 Å². The van der Waals surface area contributed by atoms with E-state index in [1.54, 1.807) is 7.05 Å². The first-order chi connectivity index (χ1) is 7.56. The molecule has 0 saturated heterocycles. The number of benzene rings is 1. The van der Waals surface area contributed by atoms with E-state index < -0.39 is 0 Å². The normalized spacial score (nSPS) is 12.2. The molecule has 1 aromatic rings. The van der Waals surface area contributed by atoms with Crippen LogP contribution in [0, 0.1) is 6.92 Å². The average Bonchev–Trinajstić information content (AvgIpc) is 2.25. The molecule has 1 aromatic carbocycles. The molecule has 1 unspecified atom stereocenters. The molecule has 0 heterocycles. The Kier molecular flexibility index (Phi) is 4.31. The molecule has 0 aromatic heterocycles. The Morgan fingerprint density at radius 2 is 2.12 bits per heavy atom. The number of aryl methyl sites for hydroxylation is 1. The number of anilines is 1. The summed E-state index contributed by atoms with van der Waals surface area (Å²) in [7, 11) is 3.69. The monoisotopic (exact) mass is 221 g/mol. The number of para-hydroxylation sites is 1. The number of carbonyl (C=O) groups excluding carboxylic acids is 1. The van der Waals surface area contributed by atoms with Crippen molar-refractivity contribution in [1.82, 2.24) is 5.32 Å². The van der Waals surface area contributed by atoms with Crippen LogP contribution in [-0.4, -0.2) is 32.6 Å². The molecule has 0 fully saturated rings. The second-order valence-corrected chi connectivity index (χ2v) is 3.91. The van der Waals surface area contributed by atoms with Crippen molar-refractivity contribution < 1.29 is 4.79 Å². The first kappa shape index (κ1) is 12.5. The predicted octanol–water partition coefficient (Wildman–Crippen LogP) is 0.505. The zero-order valence-corrected chi connectivity index (χ0v) is 10.0. The number of carbonyl (C=O) groups is 1. The first-order valence-corrected chi connectivity index (χ1v) is 5.29. The largest absolute Gasteiger partial charge is 0.372 e.